The topological polar surface area (TPSA) is 26.5 Å². The van der Waals surface area contributed by atoms with E-state index in [9.17, 15) is 8.78 Å². The van der Waals surface area contributed by atoms with Gasteiger partial charge in [0, 0.05) is 16.9 Å². The Morgan fingerprint density at radius 2 is 1.61 bits per heavy atom. The molecule has 31 heavy (non-hydrogen) atoms. The molecule has 4 aromatic rings. The van der Waals surface area contributed by atoms with Crippen molar-refractivity contribution in [2.24, 2.45) is 5.16 Å². The van der Waals surface area contributed by atoms with E-state index in [1.165, 1.54) is 24.3 Å². The minimum Gasteiger partial charge on any atom is -0.391 e. The van der Waals surface area contributed by atoms with Gasteiger partial charge in [-0.15, -0.1) is 0 Å². The quantitative estimate of drug-likeness (QED) is 0.255. The van der Waals surface area contributed by atoms with E-state index in [0.717, 1.165) is 28.2 Å². The van der Waals surface area contributed by atoms with Crippen LogP contribution in [0.3, 0.4) is 0 Å². The highest BCUT2D eigenvalue weighted by Gasteiger charge is 2.17. The van der Waals surface area contributed by atoms with Gasteiger partial charge in [0.2, 0.25) is 0 Å². The summed E-state index contributed by atoms with van der Waals surface area (Å²) in [6, 6.07) is 24.7. The van der Waals surface area contributed by atoms with Crippen molar-refractivity contribution < 1.29 is 13.6 Å². The zero-order valence-corrected chi connectivity index (χ0v) is 17.3. The first-order valence-corrected chi connectivity index (χ1v) is 9.98. The smallest absolute Gasteiger partial charge is 0.142 e. The molecule has 1 heterocycles. The van der Waals surface area contributed by atoms with Gasteiger partial charge in [0.1, 0.15) is 18.2 Å². The van der Waals surface area contributed by atoms with Crippen LogP contribution < -0.4 is 0 Å². The molecule has 0 aliphatic rings. The Bertz CT molecular complexity index is 1210. The molecule has 0 aliphatic heterocycles. The number of nitrogens with zero attached hydrogens (tertiary/aromatic N) is 2. The summed E-state index contributed by atoms with van der Waals surface area (Å²) in [7, 11) is 0. The molecule has 0 saturated carbocycles. The maximum atomic E-state index is 13.5. The summed E-state index contributed by atoms with van der Waals surface area (Å²) in [5, 5.41) is 4.26. The second-order valence-electron chi connectivity index (χ2n) is 7.29. The van der Waals surface area contributed by atoms with E-state index in [1.807, 2.05) is 50.2 Å². The van der Waals surface area contributed by atoms with Gasteiger partial charge >= 0.3 is 0 Å². The van der Waals surface area contributed by atoms with Gasteiger partial charge in [-0.1, -0.05) is 35.5 Å². The molecular weight excluding hydrogens is 394 g/mol. The van der Waals surface area contributed by atoms with Crippen molar-refractivity contribution in [3.05, 3.63) is 113 Å². The Kier molecular flexibility index (Phi) is 5.94. The third-order valence-electron chi connectivity index (χ3n) is 5.11. The maximum Gasteiger partial charge on any atom is 0.142 e. The lowest BCUT2D eigenvalue weighted by molar-refractivity contribution is 0.130. The molecule has 0 atom stereocenters. The van der Waals surface area contributed by atoms with E-state index >= 15 is 0 Å². The van der Waals surface area contributed by atoms with Crippen LogP contribution in [0.2, 0.25) is 0 Å². The zero-order valence-electron chi connectivity index (χ0n) is 17.3. The molecule has 0 fully saturated rings. The van der Waals surface area contributed by atoms with Crippen molar-refractivity contribution in [3.8, 4) is 16.9 Å². The molecule has 0 aliphatic carbocycles. The van der Waals surface area contributed by atoms with Crippen LogP contribution in [0.5, 0.6) is 0 Å². The first-order valence-electron chi connectivity index (χ1n) is 9.98. The average molecular weight is 416 g/mol. The van der Waals surface area contributed by atoms with Gasteiger partial charge in [0.05, 0.1) is 11.4 Å². The second-order valence-corrected chi connectivity index (χ2v) is 7.29. The summed E-state index contributed by atoms with van der Waals surface area (Å²) in [6.45, 7) is 4.07. The summed E-state index contributed by atoms with van der Waals surface area (Å²) in [5.41, 5.74) is 6.14. The lowest BCUT2D eigenvalue weighted by Gasteiger charge is -2.12. The summed E-state index contributed by atoms with van der Waals surface area (Å²) >= 11 is 0. The lowest BCUT2D eigenvalue weighted by atomic mass is 10.1. The van der Waals surface area contributed by atoms with Crippen LogP contribution in [0.15, 0.2) is 90.1 Å². The Hall–Kier alpha value is -3.73. The van der Waals surface area contributed by atoms with E-state index in [-0.39, 0.29) is 18.2 Å². The molecule has 0 unspecified atom stereocenters. The molecule has 0 radical (unpaired) electrons. The van der Waals surface area contributed by atoms with Crippen LogP contribution in [-0.4, -0.2) is 10.3 Å². The van der Waals surface area contributed by atoms with Crippen LogP contribution in [0.4, 0.5) is 8.78 Å². The highest BCUT2D eigenvalue weighted by Crippen LogP contribution is 2.30. The fourth-order valence-corrected chi connectivity index (χ4v) is 3.60. The van der Waals surface area contributed by atoms with Crippen molar-refractivity contribution in [2.75, 3.05) is 0 Å². The van der Waals surface area contributed by atoms with Crippen LogP contribution in [0, 0.1) is 18.6 Å². The number of hydrogen-bond acceptors (Lipinski definition) is 2. The van der Waals surface area contributed by atoms with E-state index < -0.39 is 0 Å². The summed E-state index contributed by atoms with van der Waals surface area (Å²) in [4.78, 5) is 5.48. The fraction of sp³-hybridized carbons (Fsp3) is 0.115. The van der Waals surface area contributed by atoms with Gasteiger partial charge in [-0.2, -0.15) is 0 Å². The lowest BCUT2D eigenvalue weighted by Crippen LogP contribution is -2.02. The molecule has 1 aromatic heterocycles. The number of halogens is 2. The van der Waals surface area contributed by atoms with Gasteiger partial charge in [-0.05, 0) is 79.6 Å². The number of oxime groups is 1. The minimum atomic E-state index is -0.304. The van der Waals surface area contributed by atoms with Crippen molar-refractivity contribution in [1.29, 1.82) is 0 Å². The van der Waals surface area contributed by atoms with Crippen LogP contribution in [-0.2, 0) is 11.4 Å². The molecule has 156 valence electrons. The van der Waals surface area contributed by atoms with Crippen molar-refractivity contribution in [1.82, 2.24) is 4.57 Å². The molecule has 3 aromatic carbocycles. The average Bonchev–Trinajstić information content (AvgIpc) is 3.12. The number of aromatic nitrogens is 1. The molecule has 0 spiro atoms. The monoisotopic (exact) mass is 416 g/mol. The predicted octanol–water partition coefficient (Wildman–Crippen LogP) is 6.67. The van der Waals surface area contributed by atoms with Crippen molar-refractivity contribution in [2.45, 2.75) is 20.5 Å². The summed E-state index contributed by atoms with van der Waals surface area (Å²) in [5.74, 6) is -0.580. The Morgan fingerprint density at radius 3 is 2.32 bits per heavy atom. The van der Waals surface area contributed by atoms with Crippen molar-refractivity contribution in [3.63, 3.8) is 0 Å². The standard InChI is InChI=1S/C26H22F2N2O/c1-18(29-31-17-20-7-6-8-23(28)15-20)25-16-26(21-11-13-22(27)14-12-21)30(19(25)2)24-9-4-3-5-10-24/h3-16H,17H2,1-2H3. The SMILES string of the molecule is CC(=NOCc1cccc(F)c1)c1cc(-c2ccc(F)cc2)n(-c2ccccc2)c1C. The van der Waals surface area contributed by atoms with E-state index in [1.54, 1.807) is 24.3 Å². The number of rotatable bonds is 6. The van der Waals surface area contributed by atoms with Crippen LogP contribution in [0.1, 0.15) is 23.7 Å². The minimum absolute atomic E-state index is 0.179. The number of benzene rings is 3. The molecule has 0 N–H and O–H groups in total. The molecule has 0 saturated heterocycles. The third kappa shape index (κ3) is 4.56. The van der Waals surface area contributed by atoms with Gasteiger partial charge in [-0.25, -0.2) is 8.78 Å². The van der Waals surface area contributed by atoms with Gasteiger partial charge in [0.15, 0.2) is 0 Å². The first-order chi connectivity index (χ1) is 15.0. The third-order valence-corrected chi connectivity index (χ3v) is 5.11. The fourth-order valence-electron chi connectivity index (χ4n) is 3.60. The molecule has 0 bridgehead atoms. The van der Waals surface area contributed by atoms with Crippen molar-refractivity contribution >= 4 is 5.71 Å². The largest absolute Gasteiger partial charge is 0.391 e. The van der Waals surface area contributed by atoms with Crippen LogP contribution in [0.25, 0.3) is 16.9 Å². The van der Waals surface area contributed by atoms with Gasteiger partial charge < -0.3 is 9.40 Å². The summed E-state index contributed by atoms with van der Waals surface area (Å²) < 4.78 is 28.9. The first kappa shape index (κ1) is 20.5. The van der Waals surface area contributed by atoms with Gasteiger partial charge in [-0.3, -0.25) is 0 Å². The highest BCUT2D eigenvalue weighted by molar-refractivity contribution is 6.01. The molecule has 3 nitrogen and oxygen atoms in total. The molecule has 0 amide bonds. The van der Waals surface area contributed by atoms with Gasteiger partial charge in [0.25, 0.3) is 0 Å². The zero-order chi connectivity index (χ0) is 21.8. The second kappa shape index (κ2) is 8.96. The molecule has 4 rings (SSSR count). The predicted molar refractivity (Wildman–Crippen MR) is 119 cm³/mol. The van der Waals surface area contributed by atoms with E-state index in [4.69, 9.17) is 4.84 Å². The Balaban J connectivity index is 1.70. The summed E-state index contributed by atoms with van der Waals surface area (Å²) in [6.07, 6.45) is 0. The molecular formula is C26H22F2N2O. The Morgan fingerprint density at radius 1 is 0.871 bits per heavy atom. The maximum absolute atomic E-state index is 13.5. The number of para-hydroxylation sites is 1. The molecule has 5 heteroatoms. The Labute approximate surface area is 180 Å². The highest BCUT2D eigenvalue weighted by atomic mass is 19.1. The van der Waals surface area contributed by atoms with Crippen LogP contribution >= 0.6 is 0 Å². The van der Waals surface area contributed by atoms with E-state index in [2.05, 4.69) is 9.72 Å². The number of hydrogen-bond donors (Lipinski definition) is 0. The van der Waals surface area contributed by atoms with E-state index in [0.29, 0.717) is 11.3 Å². The normalized spacial score (nSPS) is 11.5.